The van der Waals surface area contributed by atoms with Gasteiger partial charge in [0.15, 0.2) is 11.5 Å². The number of ether oxygens (including phenoxy) is 2. The van der Waals surface area contributed by atoms with Crippen molar-refractivity contribution in [3.8, 4) is 11.5 Å². The lowest BCUT2D eigenvalue weighted by atomic mass is 10.0. The molecule has 0 aliphatic carbocycles. The first-order valence-electron chi connectivity index (χ1n) is 10.2. The Labute approximate surface area is 170 Å². The van der Waals surface area contributed by atoms with Gasteiger partial charge in [0.2, 0.25) is 11.8 Å². The van der Waals surface area contributed by atoms with Gasteiger partial charge in [-0.05, 0) is 36.1 Å². The van der Waals surface area contributed by atoms with Crippen LogP contribution in [-0.4, -0.2) is 43.0 Å². The number of amides is 2. The molecule has 2 aliphatic rings. The van der Waals surface area contributed by atoms with Gasteiger partial charge >= 0.3 is 0 Å². The van der Waals surface area contributed by atoms with Crippen molar-refractivity contribution in [3.05, 3.63) is 59.7 Å². The second kappa shape index (κ2) is 8.99. The van der Waals surface area contributed by atoms with Gasteiger partial charge in [-0.25, -0.2) is 0 Å². The van der Waals surface area contributed by atoms with E-state index in [4.69, 9.17) is 9.47 Å². The summed E-state index contributed by atoms with van der Waals surface area (Å²) in [5.74, 6) is 1.52. The third kappa shape index (κ3) is 4.70. The summed E-state index contributed by atoms with van der Waals surface area (Å²) in [6.07, 6.45) is 2.55. The lowest BCUT2D eigenvalue weighted by Gasteiger charge is -2.27. The van der Waals surface area contributed by atoms with Crippen LogP contribution in [-0.2, 0) is 16.0 Å². The summed E-state index contributed by atoms with van der Waals surface area (Å²) >= 11 is 0. The molecule has 0 bridgehead atoms. The van der Waals surface area contributed by atoms with Crippen LogP contribution in [0.2, 0.25) is 0 Å². The lowest BCUT2D eigenvalue weighted by molar-refractivity contribution is -0.132. The number of nitrogens with zero attached hydrogens (tertiary/aromatic N) is 1. The average Bonchev–Trinajstić information content (AvgIpc) is 3.24. The molecule has 1 unspecified atom stereocenters. The first kappa shape index (κ1) is 19.3. The van der Waals surface area contributed by atoms with Gasteiger partial charge in [0.25, 0.3) is 0 Å². The van der Waals surface area contributed by atoms with Crippen molar-refractivity contribution < 1.29 is 19.1 Å². The number of hydrogen-bond acceptors (Lipinski definition) is 4. The second-order valence-electron chi connectivity index (χ2n) is 7.41. The summed E-state index contributed by atoms with van der Waals surface area (Å²) < 4.78 is 11.3. The average molecular weight is 394 g/mol. The van der Waals surface area contributed by atoms with E-state index >= 15 is 0 Å². The van der Waals surface area contributed by atoms with Gasteiger partial charge in [0.05, 0.1) is 12.5 Å². The van der Waals surface area contributed by atoms with Crippen LogP contribution < -0.4 is 14.8 Å². The zero-order valence-electron chi connectivity index (χ0n) is 16.4. The van der Waals surface area contributed by atoms with Crippen LogP contribution in [0.4, 0.5) is 0 Å². The first-order chi connectivity index (χ1) is 14.2. The number of carbonyl (C=O) groups excluding carboxylic acids is 2. The Kier molecular flexibility index (Phi) is 5.98. The SMILES string of the molecule is O=C(Cc1ccccc1)NCCC(=O)N1CCCC1c1ccc2c(c1)OCCO2. The number of hydrogen-bond donors (Lipinski definition) is 1. The number of carbonyl (C=O) groups is 2. The number of likely N-dealkylation sites (tertiary alicyclic amines) is 1. The molecule has 2 aromatic carbocycles. The van der Waals surface area contributed by atoms with Crippen molar-refractivity contribution in [3.63, 3.8) is 0 Å². The van der Waals surface area contributed by atoms with Gasteiger partial charge in [-0.15, -0.1) is 0 Å². The number of nitrogens with one attached hydrogen (secondary N) is 1. The monoisotopic (exact) mass is 394 g/mol. The molecule has 2 heterocycles. The maximum Gasteiger partial charge on any atom is 0.224 e. The molecule has 0 radical (unpaired) electrons. The van der Waals surface area contributed by atoms with Crippen LogP contribution >= 0.6 is 0 Å². The van der Waals surface area contributed by atoms with Crippen molar-refractivity contribution in [2.45, 2.75) is 31.7 Å². The van der Waals surface area contributed by atoms with Crippen molar-refractivity contribution in [2.75, 3.05) is 26.3 Å². The van der Waals surface area contributed by atoms with E-state index in [9.17, 15) is 9.59 Å². The normalized spacial score (nSPS) is 17.8. The molecule has 1 N–H and O–H groups in total. The predicted molar refractivity (Wildman–Crippen MR) is 109 cm³/mol. The maximum absolute atomic E-state index is 12.8. The molecule has 0 spiro atoms. The summed E-state index contributed by atoms with van der Waals surface area (Å²) in [5.41, 5.74) is 2.04. The third-order valence-electron chi connectivity index (χ3n) is 5.39. The molecule has 2 aliphatic heterocycles. The van der Waals surface area contributed by atoms with Crippen molar-refractivity contribution in [2.24, 2.45) is 0 Å². The largest absolute Gasteiger partial charge is 0.486 e. The topological polar surface area (TPSA) is 67.9 Å². The highest BCUT2D eigenvalue weighted by molar-refractivity contribution is 5.80. The molecule has 2 amide bonds. The van der Waals surface area contributed by atoms with E-state index in [-0.39, 0.29) is 17.9 Å². The van der Waals surface area contributed by atoms with Crippen molar-refractivity contribution in [1.29, 1.82) is 0 Å². The van der Waals surface area contributed by atoms with E-state index in [1.54, 1.807) is 0 Å². The zero-order chi connectivity index (χ0) is 20.1. The van der Waals surface area contributed by atoms with E-state index in [1.165, 1.54) is 0 Å². The lowest BCUT2D eigenvalue weighted by Crippen LogP contribution is -2.34. The fourth-order valence-corrected chi connectivity index (χ4v) is 3.98. The summed E-state index contributed by atoms with van der Waals surface area (Å²) in [4.78, 5) is 26.8. The molecule has 0 saturated carbocycles. The van der Waals surface area contributed by atoms with Crippen LogP contribution in [0.1, 0.15) is 36.4 Å². The molecule has 152 valence electrons. The molecule has 6 heteroatoms. The fraction of sp³-hybridized carbons (Fsp3) is 0.391. The fourth-order valence-electron chi connectivity index (χ4n) is 3.98. The molecule has 29 heavy (non-hydrogen) atoms. The maximum atomic E-state index is 12.8. The zero-order valence-corrected chi connectivity index (χ0v) is 16.4. The van der Waals surface area contributed by atoms with Crippen LogP contribution in [0.25, 0.3) is 0 Å². The minimum absolute atomic E-state index is 0.0540. The Hall–Kier alpha value is -3.02. The van der Waals surface area contributed by atoms with Crippen LogP contribution in [0.5, 0.6) is 11.5 Å². The van der Waals surface area contributed by atoms with Gasteiger partial charge in [-0.1, -0.05) is 36.4 Å². The van der Waals surface area contributed by atoms with Gasteiger partial charge < -0.3 is 19.7 Å². The Morgan fingerprint density at radius 3 is 2.66 bits per heavy atom. The minimum Gasteiger partial charge on any atom is -0.486 e. The smallest absolute Gasteiger partial charge is 0.224 e. The second-order valence-corrected chi connectivity index (χ2v) is 7.41. The molecule has 2 aromatic rings. The molecule has 1 atom stereocenters. The Balaban J connectivity index is 1.30. The highest BCUT2D eigenvalue weighted by Gasteiger charge is 2.30. The molecular formula is C23H26N2O4. The number of rotatable bonds is 6. The quantitative estimate of drug-likeness (QED) is 0.818. The van der Waals surface area contributed by atoms with Crippen LogP contribution in [0.3, 0.4) is 0 Å². The van der Waals surface area contributed by atoms with Crippen molar-refractivity contribution in [1.82, 2.24) is 10.2 Å². The van der Waals surface area contributed by atoms with E-state index in [1.807, 2.05) is 53.4 Å². The Morgan fingerprint density at radius 1 is 1.03 bits per heavy atom. The summed E-state index contributed by atoms with van der Waals surface area (Å²) in [6, 6.07) is 15.6. The van der Waals surface area contributed by atoms with E-state index in [0.29, 0.717) is 32.6 Å². The molecule has 0 aromatic heterocycles. The molecule has 1 fully saturated rings. The van der Waals surface area contributed by atoms with Crippen LogP contribution in [0, 0.1) is 0 Å². The molecule has 6 nitrogen and oxygen atoms in total. The van der Waals surface area contributed by atoms with E-state index in [0.717, 1.165) is 42.0 Å². The standard InChI is InChI=1S/C23H26N2O4/c26-22(15-17-5-2-1-3-6-17)24-11-10-23(27)25-12-4-7-19(25)18-8-9-20-21(16-18)29-14-13-28-20/h1-3,5-6,8-9,16,19H,4,7,10-15H2,(H,24,26). The third-order valence-corrected chi connectivity index (χ3v) is 5.39. The highest BCUT2D eigenvalue weighted by Crippen LogP contribution is 2.38. The molecule has 1 saturated heterocycles. The molecular weight excluding hydrogens is 368 g/mol. The van der Waals surface area contributed by atoms with Gasteiger partial charge in [0.1, 0.15) is 13.2 Å². The van der Waals surface area contributed by atoms with Gasteiger partial charge in [-0.2, -0.15) is 0 Å². The van der Waals surface area contributed by atoms with Gasteiger partial charge in [0, 0.05) is 19.5 Å². The Morgan fingerprint density at radius 2 is 1.83 bits per heavy atom. The predicted octanol–water partition coefficient (Wildman–Crippen LogP) is 2.87. The number of fused-ring (bicyclic) bond motifs is 1. The first-order valence-corrected chi connectivity index (χ1v) is 10.2. The molecule has 4 rings (SSSR count). The van der Waals surface area contributed by atoms with Crippen LogP contribution in [0.15, 0.2) is 48.5 Å². The number of benzene rings is 2. The van der Waals surface area contributed by atoms with Crippen molar-refractivity contribution >= 4 is 11.8 Å². The summed E-state index contributed by atoms with van der Waals surface area (Å²) in [6.45, 7) is 2.22. The summed E-state index contributed by atoms with van der Waals surface area (Å²) in [7, 11) is 0. The van der Waals surface area contributed by atoms with E-state index < -0.39 is 0 Å². The minimum atomic E-state index is -0.0613. The Bertz CT molecular complexity index is 868. The van der Waals surface area contributed by atoms with E-state index in [2.05, 4.69) is 5.32 Å². The highest BCUT2D eigenvalue weighted by atomic mass is 16.6. The summed E-state index contributed by atoms with van der Waals surface area (Å²) in [5, 5.41) is 2.86. The van der Waals surface area contributed by atoms with Gasteiger partial charge in [-0.3, -0.25) is 9.59 Å².